The second kappa shape index (κ2) is 6.42. The van der Waals surface area contributed by atoms with Crippen molar-refractivity contribution < 1.29 is 9.90 Å². The molecule has 0 aromatic carbocycles. The first-order valence-electron chi connectivity index (χ1n) is 7.82. The van der Waals surface area contributed by atoms with Gasteiger partial charge in [-0.1, -0.05) is 0 Å². The third kappa shape index (κ3) is 3.22. The highest BCUT2D eigenvalue weighted by Crippen LogP contribution is 2.32. The van der Waals surface area contributed by atoms with Crippen molar-refractivity contribution in [1.82, 2.24) is 19.9 Å². The van der Waals surface area contributed by atoms with E-state index in [2.05, 4.69) is 28.7 Å². The summed E-state index contributed by atoms with van der Waals surface area (Å²) in [5.41, 5.74) is 2.43. The third-order valence-corrected chi connectivity index (χ3v) is 4.23. The van der Waals surface area contributed by atoms with Crippen LogP contribution in [0.5, 0.6) is 0 Å². The summed E-state index contributed by atoms with van der Waals surface area (Å²) in [5.74, 6) is -0.995. The fourth-order valence-electron chi connectivity index (χ4n) is 3.10. The Labute approximate surface area is 135 Å². The Balaban J connectivity index is 1.94. The molecule has 3 heterocycles. The van der Waals surface area contributed by atoms with E-state index in [1.807, 2.05) is 6.20 Å². The van der Waals surface area contributed by atoms with E-state index in [0.29, 0.717) is 17.3 Å². The van der Waals surface area contributed by atoms with Gasteiger partial charge in [-0.15, -0.1) is 0 Å². The lowest BCUT2D eigenvalue weighted by Gasteiger charge is -2.27. The molecule has 120 valence electrons. The minimum Gasteiger partial charge on any atom is -0.478 e. The highest BCUT2D eigenvalue weighted by Gasteiger charge is 2.29. The summed E-state index contributed by atoms with van der Waals surface area (Å²) in [5, 5.41) is 9.10. The molecule has 0 saturated carbocycles. The summed E-state index contributed by atoms with van der Waals surface area (Å²) in [4.78, 5) is 26.6. The lowest BCUT2D eigenvalue weighted by molar-refractivity contribution is 0.0696. The molecule has 3 rings (SSSR count). The summed E-state index contributed by atoms with van der Waals surface area (Å²) in [6, 6.07) is 2.32. The normalized spacial score (nSPS) is 18.5. The van der Waals surface area contributed by atoms with E-state index < -0.39 is 5.97 Å². The molecule has 6 heteroatoms. The van der Waals surface area contributed by atoms with Gasteiger partial charge in [-0.25, -0.2) is 9.78 Å². The highest BCUT2D eigenvalue weighted by atomic mass is 16.4. The second-order valence-electron chi connectivity index (χ2n) is 6.09. The van der Waals surface area contributed by atoms with Crippen LogP contribution in [-0.4, -0.2) is 43.5 Å². The summed E-state index contributed by atoms with van der Waals surface area (Å²) in [6.07, 6.45) is 8.65. The fraction of sp³-hybridized carbons (Fsp3) is 0.412. The van der Waals surface area contributed by atoms with Gasteiger partial charge in [-0.3, -0.25) is 14.9 Å². The molecule has 6 nitrogen and oxygen atoms in total. The minimum atomic E-state index is -0.995. The standard InChI is InChI=1S/C17H20N4O2/c1-11(2)21-5-3-4-16(21)15-10-19-9-14(20-15)12-6-13(17(22)23)8-18-7-12/h6-11,16H,3-5H2,1-2H3,(H,22,23)/t16-/m1/s1. The Bertz CT molecular complexity index is 717. The molecule has 1 fully saturated rings. The van der Waals surface area contributed by atoms with Gasteiger partial charge in [-0.2, -0.15) is 0 Å². The van der Waals surface area contributed by atoms with Gasteiger partial charge in [0.25, 0.3) is 0 Å². The Kier molecular flexibility index (Phi) is 4.34. The Hall–Kier alpha value is -2.34. The molecule has 0 aliphatic carbocycles. The number of carbonyl (C=O) groups is 1. The molecule has 0 bridgehead atoms. The zero-order valence-electron chi connectivity index (χ0n) is 13.3. The first kappa shape index (κ1) is 15.6. The lowest BCUT2D eigenvalue weighted by atomic mass is 10.1. The van der Waals surface area contributed by atoms with E-state index in [0.717, 1.165) is 25.1 Å². The van der Waals surface area contributed by atoms with Crippen molar-refractivity contribution >= 4 is 5.97 Å². The Morgan fingerprint density at radius 1 is 1.26 bits per heavy atom. The van der Waals surface area contributed by atoms with Gasteiger partial charge in [0.2, 0.25) is 0 Å². The highest BCUT2D eigenvalue weighted by molar-refractivity contribution is 5.88. The van der Waals surface area contributed by atoms with Crippen molar-refractivity contribution in [3.63, 3.8) is 0 Å². The van der Waals surface area contributed by atoms with Crippen molar-refractivity contribution in [2.45, 2.75) is 38.8 Å². The van der Waals surface area contributed by atoms with Gasteiger partial charge in [0.15, 0.2) is 0 Å². The molecule has 1 saturated heterocycles. The maximum absolute atomic E-state index is 11.1. The largest absolute Gasteiger partial charge is 0.478 e. The number of nitrogens with zero attached hydrogens (tertiary/aromatic N) is 4. The number of carboxylic acid groups (broad SMARTS) is 1. The number of hydrogen-bond donors (Lipinski definition) is 1. The summed E-state index contributed by atoms with van der Waals surface area (Å²) in [7, 11) is 0. The van der Waals surface area contributed by atoms with Crippen LogP contribution in [0.1, 0.15) is 48.8 Å². The fourth-order valence-corrected chi connectivity index (χ4v) is 3.10. The van der Waals surface area contributed by atoms with Crippen LogP contribution in [0.25, 0.3) is 11.3 Å². The van der Waals surface area contributed by atoms with E-state index in [9.17, 15) is 4.79 Å². The van der Waals surface area contributed by atoms with Crippen molar-refractivity contribution in [2.75, 3.05) is 6.54 Å². The summed E-state index contributed by atoms with van der Waals surface area (Å²) in [6.45, 7) is 5.45. The molecule has 1 N–H and O–H groups in total. The van der Waals surface area contributed by atoms with Gasteiger partial charge < -0.3 is 5.11 Å². The van der Waals surface area contributed by atoms with Gasteiger partial charge >= 0.3 is 5.97 Å². The van der Waals surface area contributed by atoms with Crippen LogP contribution >= 0.6 is 0 Å². The molecule has 1 aliphatic heterocycles. The lowest BCUT2D eigenvalue weighted by Crippen LogP contribution is -2.30. The maximum atomic E-state index is 11.1. The molecule has 0 spiro atoms. The van der Waals surface area contributed by atoms with Crippen LogP contribution in [-0.2, 0) is 0 Å². The Morgan fingerprint density at radius 3 is 2.78 bits per heavy atom. The number of rotatable bonds is 4. The maximum Gasteiger partial charge on any atom is 0.337 e. The first-order chi connectivity index (χ1) is 11.1. The summed E-state index contributed by atoms with van der Waals surface area (Å²) < 4.78 is 0. The predicted molar refractivity (Wildman–Crippen MR) is 86.0 cm³/mol. The molecule has 2 aromatic heterocycles. The number of pyridine rings is 1. The minimum absolute atomic E-state index is 0.152. The van der Waals surface area contributed by atoms with Crippen molar-refractivity contribution in [1.29, 1.82) is 0 Å². The summed E-state index contributed by atoms with van der Waals surface area (Å²) >= 11 is 0. The number of aromatic nitrogens is 3. The predicted octanol–water partition coefficient (Wildman–Crippen LogP) is 2.78. The Morgan fingerprint density at radius 2 is 2.04 bits per heavy atom. The van der Waals surface area contributed by atoms with Crippen molar-refractivity contribution in [3.05, 3.63) is 42.1 Å². The molecule has 2 aromatic rings. The third-order valence-electron chi connectivity index (χ3n) is 4.23. The van der Waals surface area contributed by atoms with E-state index >= 15 is 0 Å². The van der Waals surface area contributed by atoms with E-state index in [1.165, 1.54) is 6.20 Å². The molecule has 0 amide bonds. The molecule has 1 atom stereocenters. The van der Waals surface area contributed by atoms with Crippen LogP contribution < -0.4 is 0 Å². The van der Waals surface area contributed by atoms with Gasteiger partial charge in [0.05, 0.1) is 35.4 Å². The van der Waals surface area contributed by atoms with Crippen LogP contribution in [0.2, 0.25) is 0 Å². The topological polar surface area (TPSA) is 79.2 Å². The number of hydrogen-bond acceptors (Lipinski definition) is 5. The van der Waals surface area contributed by atoms with E-state index in [1.54, 1.807) is 18.5 Å². The van der Waals surface area contributed by atoms with Crippen molar-refractivity contribution in [2.24, 2.45) is 0 Å². The molecular formula is C17H20N4O2. The molecular weight excluding hydrogens is 292 g/mol. The molecule has 23 heavy (non-hydrogen) atoms. The number of aromatic carboxylic acids is 1. The van der Waals surface area contributed by atoms with Gasteiger partial charge in [0.1, 0.15) is 0 Å². The van der Waals surface area contributed by atoms with Gasteiger partial charge in [-0.05, 0) is 39.3 Å². The second-order valence-corrected chi connectivity index (χ2v) is 6.09. The van der Waals surface area contributed by atoms with Crippen LogP contribution in [0.15, 0.2) is 30.9 Å². The molecule has 0 unspecified atom stereocenters. The van der Waals surface area contributed by atoms with Crippen LogP contribution in [0.3, 0.4) is 0 Å². The molecule has 1 aliphatic rings. The molecule has 0 radical (unpaired) electrons. The zero-order chi connectivity index (χ0) is 16.4. The average molecular weight is 312 g/mol. The van der Waals surface area contributed by atoms with Crippen LogP contribution in [0.4, 0.5) is 0 Å². The quantitative estimate of drug-likeness (QED) is 0.935. The smallest absolute Gasteiger partial charge is 0.337 e. The SMILES string of the molecule is CC(C)N1CCC[C@@H]1c1cncc(-c2cncc(C(=O)O)c2)n1. The van der Waals surface area contributed by atoms with E-state index in [-0.39, 0.29) is 11.6 Å². The van der Waals surface area contributed by atoms with E-state index in [4.69, 9.17) is 10.1 Å². The van der Waals surface area contributed by atoms with Crippen molar-refractivity contribution in [3.8, 4) is 11.3 Å². The average Bonchev–Trinajstić information content (AvgIpc) is 3.05. The monoisotopic (exact) mass is 312 g/mol. The van der Waals surface area contributed by atoms with Gasteiger partial charge in [0, 0.05) is 24.0 Å². The van der Waals surface area contributed by atoms with Crippen LogP contribution in [0, 0.1) is 0 Å². The first-order valence-corrected chi connectivity index (χ1v) is 7.82. The zero-order valence-corrected chi connectivity index (χ0v) is 13.3. The number of carboxylic acids is 1. The number of likely N-dealkylation sites (tertiary alicyclic amines) is 1.